The number of nitrogens with zero attached hydrogens (tertiary/aromatic N) is 10. The minimum Gasteiger partial charge on any atom is -0.455 e. The highest BCUT2D eigenvalue weighted by Gasteiger charge is 2.44. The zero-order chi connectivity index (χ0) is 85.9. The first-order valence-electron chi connectivity index (χ1n) is 44.3. The van der Waals surface area contributed by atoms with Crippen molar-refractivity contribution in [2.45, 2.75) is 57.8 Å². The Labute approximate surface area is 746 Å². The van der Waals surface area contributed by atoms with Gasteiger partial charge in [0.1, 0.15) is 11.2 Å². The highest BCUT2D eigenvalue weighted by Crippen LogP contribution is 2.57. The van der Waals surface area contributed by atoms with E-state index in [1.807, 2.05) is 23.5 Å². The summed E-state index contributed by atoms with van der Waals surface area (Å²) in [6.45, 7) is 13.8. The summed E-state index contributed by atoms with van der Waals surface area (Å²) in [6.07, 6.45) is 0. The van der Waals surface area contributed by atoms with Gasteiger partial charge in [0.15, 0.2) is 0 Å². The third-order valence-corrected chi connectivity index (χ3v) is 28.9. The van der Waals surface area contributed by atoms with Crippen LogP contribution >= 0.6 is 11.3 Å². The minimum atomic E-state index is -0.237. The van der Waals surface area contributed by atoms with E-state index in [0.29, 0.717) is 17.8 Å². The molecule has 0 aliphatic heterocycles. The molecule has 0 radical (unpaired) electrons. The van der Waals surface area contributed by atoms with Crippen molar-refractivity contribution in [2.75, 3.05) is 0 Å². The molecule has 129 heavy (non-hydrogen) atoms. The van der Waals surface area contributed by atoms with Gasteiger partial charge in [0, 0.05) is 141 Å². The van der Waals surface area contributed by atoms with E-state index in [9.17, 15) is 0 Å². The molecular weight excluding hydrogens is 1590 g/mol. The quantitative estimate of drug-likeness (QED) is 0.156. The summed E-state index contributed by atoms with van der Waals surface area (Å²) in [5, 5.41) is 14.4. The minimum absolute atomic E-state index is 0.209. The Balaban J connectivity index is 0.000000102. The summed E-state index contributed by atoms with van der Waals surface area (Å²) in [4.78, 5) is 32.5. The Bertz CT molecular complexity index is 8700. The van der Waals surface area contributed by atoms with E-state index in [4.69, 9.17) is 34.3 Å². The van der Waals surface area contributed by atoms with E-state index in [1.54, 1.807) is 0 Å². The Morgan fingerprint density at radius 3 is 1.05 bits per heavy atom. The maximum absolute atomic E-state index is 6.51. The van der Waals surface area contributed by atoms with E-state index in [-0.39, 0.29) is 16.2 Å². The molecule has 25 aromatic rings. The fourth-order valence-corrected chi connectivity index (χ4v) is 23.3. The summed E-state index contributed by atoms with van der Waals surface area (Å²) in [7, 11) is 0. The van der Waals surface area contributed by atoms with Gasteiger partial charge in [-0.15, -0.1) is 11.3 Å². The molecule has 11 nitrogen and oxygen atoms in total. The molecule has 3 aliphatic rings. The molecule has 28 rings (SSSR count). The lowest BCUT2D eigenvalue weighted by Crippen LogP contribution is -2.18. The maximum atomic E-state index is 6.51. The van der Waals surface area contributed by atoms with Crippen molar-refractivity contribution in [3.63, 3.8) is 0 Å². The van der Waals surface area contributed by atoms with Crippen LogP contribution in [0.1, 0.15) is 74.9 Å². The monoisotopic (exact) mass is 1670 g/mol. The Morgan fingerprint density at radius 2 is 0.574 bits per heavy atom. The van der Waals surface area contributed by atoms with Crippen molar-refractivity contribution in [2.24, 2.45) is 0 Å². The molecule has 0 bridgehead atoms. The molecule has 0 amide bonds. The third kappa shape index (κ3) is 10.8. The number of benzene rings is 16. The molecule has 0 fully saturated rings. The van der Waals surface area contributed by atoms with Gasteiger partial charge < -0.3 is 8.98 Å². The van der Waals surface area contributed by atoms with Gasteiger partial charge in [0.25, 0.3) is 0 Å². The third-order valence-electron chi connectivity index (χ3n) is 27.7. The topological polar surface area (TPSA) is 110 Å². The van der Waals surface area contributed by atoms with Crippen molar-refractivity contribution in [3.8, 4) is 91.1 Å². The second-order valence-electron chi connectivity index (χ2n) is 35.9. The molecule has 0 spiro atoms. The molecule has 16 aromatic carbocycles. The molecule has 0 N–H and O–H groups in total. The number of fused-ring (bicyclic) bond motifs is 30. The number of hydrogen-bond donors (Lipinski definition) is 0. The van der Waals surface area contributed by atoms with Gasteiger partial charge in [0.2, 0.25) is 17.8 Å². The van der Waals surface area contributed by atoms with Gasteiger partial charge in [-0.2, -0.15) is 0 Å². The maximum Gasteiger partial charge on any atom is 0.235 e. The van der Waals surface area contributed by atoms with Gasteiger partial charge in [-0.3, -0.25) is 13.7 Å². The second-order valence-corrected chi connectivity index (χ2v) is 36.9. The van der Waals surface area contributed by atoms with Crippen LogP contribution in [0.2, 0.25) is 0 Å². The first-order valence-corrected chi connectivity index (χ1v) is 45.1. The lowest BCUT2D eigenvalue weighted by molar-refractivity contribution is 0.656. The molecule has 610 valence electrons. The predicted octanol–water partition coefficient (Wildman–Crippen LogP) is 30.0. The number of rotatable bonds is 7. The van der Waals surface area contributed by atoms with Crippen molar-refractivity contribution in [1.29, 1.82) is 0 Å². The molecule has 0 saturated carbocycles. The zero-order valence-electron chi connectivity index (χ0n) is 71.6. The van der Waals surface area contributed by atoms with Crippen molar-refractivity contribution < 1.29 is 4.42 Å². The van der Waals surface area contributed by atoms with E-state index in [0.717, 1.165) is 122 Å². The fraction of sp³-hybridized carbons (Fsp3) is 0.0769. The van der Waals surface area contributed by atoms with Crippen molar-refractivity contribution >= 4 is 141 Å². The summed E-state index contributed by atoms with van der Waals surface area (Å²) < 4.78 is 18.3. The first kappa shape index (κ1) is 74.4. The van der Waals surface area contributed by atoms with Crippen LogP contribution in [-0.2, 0) is 16.2 Å². The van der Waals surface area contributed by atoms with Crippen LogP contribution in [0, 0.1) is 0 Å². The van der Waals surface area contributed by atoms with E-state index < -0.39 is 0 Å². The molecule has 9 heterocycles. The van der Waals surface area contributed by atoms with Gasteiger partial charge in [-0.1, -0.05) is 345 Å². The smallest absolute Gasteiger partial charge is 0.235 e. The van der Waals surface area contributed by atoms with Gasteiger partial charge in [-0.05, 0) is 89.5 Å². The average Bonchev–Trinajstić information content (AvgIpc) is 1.55. The van der Waals surface area contributed by atoms with Crippen LogP contribution in [0.5, 0.6) is 0 Å². The molecule has 3 aliphatic carbocycles. The molecule has 0 saturated heterocycles. The lowest BCUT2D eigenvalue weighted by Gasteiger charge is -2.24. The highest BCUT2D eigenvalue weighted by molar-refractivity contribution is 7.26. The van der Waals surface area contributed by atoms with Crippen LogP contribution in [0.25, 0.3) is 220 Å². The van der Waals surface area contributed by atoms with Gasteiger partial charge in [-0.25, -0.2) is 29.9 Å². The van der Waals surface area contributed by atoms with Crippen LogP contribution in [0.4, 0.5) is 0 Å². The van der Waals surface area contributed by atoms with Crippen molar-refractivity contribution in [1.82, 2.24) is 48.2 Å². The summed E-state index contributed by atoms with van der Waals surface area (Å²) in [6, 6.07) is 133. The van der Waals surface area contributed by atoms with Crippen LogP contribution in [0.15, 0.2) is 381 Å². The number of hydrogen-bond acceptors (Lipinski definition) is 8. The van der Waals surface area contributed by atoms with Crippen LogP contribution < -0.4 is 0 Å². The van der Waals surface area contributed by atoms with Gasteiger partial charge in [0.05, 0.1) is 83.7 Å². The summed E-state index contributed by atoms with van der Waals surface area (Å²) in [5.74, 6) is 2.06. The summed E-state index contributed by atoms with van der Waals surface area (Å²) >= 11 is 1.87. The average molecular weight is 1670 g/mol. The van der Waals surface area contributed by atoms with E-state index >= 15 is 0 Å². The highest BCUT2D eigenvalue weighted by atomic mass is 32.1. The number of furan rings is 1. The van der Waals surface area contributed by atoms with E-state index in [1.165, 1.54) is 114 Å². The van der Waals surface area contributed by atoms with E-state index in [2.05, 4.69) is 424 Å². The Hall–Kier alpha value is -16.0. The molecule has 0 atom stereocenters. The number of para-hydroxylation sites is 6. The fourth-order valence-electron chi connectivity index (χ4n) is 22.0. The zero-order valence-corrected chi connectivity index (χ0v) is 72.4. The SMILES string of the molecule is CC1(C)c2ccccc2-c2nc(-n3c4ccccc4c4c3ccc3c5ccccc5n(-c5ccccc5)c34)nc(-c3ccccc3)c21.CC1(C)c2ccccc2-c2nc(-n3c4ccccc4c4c5oc6ccccc6c5ccc43)nc(-c3ccccc3)c21.CC1(C)c2ccccc2-c2nc(-n3c4ccccc4c4c5sc6ccccc6c5ccc43)nc(-c3ccccc3)c21. The first-order chi connectivity index (χ1) is 63.3. The Morgan fingerprint density at radius 1 is 0.240 bits per heavy atom. The number of thiophene rings is 1. The molecular formula is C117H80N10OS. The number of aromatic nitrogens is 10. The van der Waals surface area contributed by atoms with Crippen LogP contribution in [0.3, 0.4) is 0 Å². The van der Waals surface area contributed by atoms with Gasteiger partial charge >= 0.3 is 0 Å². The summed E-state index contributed by atoms with van der Waals surface area (Å²) in [5.41, 5.74) is 31.4. The standard InChI is InChI=1S/C43H30N4.C37H25N3O.C37H25N3S/c1-43(2)33-22-12-9-20-31(33)40-38(43)39(27-15-5-3-6-16-27)44-42(45-40)47-35-24-14-11-21-32(35)37-36(47)26-25-30-29-19-10-13-23-34(29)46(41(30)37)28-17-7-4-8-18-28;2*1-37(2)27-17-9-6-15-25(27)34-32(37)33(22-12-4-3-5-13-22)38-36(39-34)40-28-18-10-7-16-26(28)31-29(40)21-20-24-23-14-8-11-19-30(23)41-35(24)31/h3-26H,1-2H3;2*3-21H,1-2H3. The molecule has 12 heteroatoms. The largest absolute Gasteiger partial charge is 0.455 e. The molecule has 9 aromatic heterocycles. The van der Waals surface area contributed by atoms with Crippen molar-refractivity contribution in [3.05, 3.63) is 409 Å². The lowest BCUT2D eigenvalue weighted by atomic mass is 9.81. The molecule has 0 unspecified atom stereocenters. The van der Waals surface area contributed by atoms with Crippen LogP contribution in [-0.4, -0.2) is 48.2 Å². The predicted molar refractivity (Wildman–Crippen MR) is 533 cm³/mol. The second kappa shape index (κ2) is 28.0. The Kier molecular flexibility index (Phi) is 16.1. The normalized spacial score (nSPS) is 13.7.